The third-order valence-corrected chi connectivity index (χ3v) is 4.60. The molecule has 0 radical (unpaired) electrons. The van der Waals surface area contributed by atoms with Crippen molar-refractivity contribution < 1.29 is 32.6 Å². The second-order valence-corrected chi connectivity index (χ2v) is 7.05. The smallest absolute Gasteiger partial charge is 0.490 e. The predicted octanol–water partition coefficient (Wildman–Crippen LogP) is 3.60. The molecule has 8 nitrogen and oxygen atoms in total. The molecule has 0 saturated heterocycles. The molecule has 1 aliphatic heterocycles. The zero-order chi connectivity index (χ0) is 23.3. The van der Waals surface area contributed by atoms with Crippen LogP contribution in [0.3, 0.4) is 0 Å². The highest BCUT2D eigenvalue weighted by atomic mass is 19.4. The lowest BCUT2D eigenvalue weighted by Gasteiger charge is -2.25. The number of anilines is 1. The lowest BCUT2D eigenvalue weighted by atomic mass is 9.95. The summed E-state index contributed by atoms with van der Waals surface area (Å²) in [5.74, 6) is -2.09. The van der Waals surface area contributed by atoms with Crippen LogP contribution in [0, 0.1) is 12.8 Å². The second-order valence-electron chi connectivity index (χ2n) is 7.05. The van der Waals surface area contributed by atoms with E-state index >= 15 is 0 Å². The lowest BCUT2D eigenvalue weighted by molar-refractivity contribution is -0.192. The van der Waals surface area contributed by atoms with Gasteiger partial charge < -0.3 is 15.2 Å². The Morgan fingerprint density at radius 1 is 1.19 bits per heavy atom. The van der Waals surface area contributed by atoms with E-state index in [9.17, 15) is 18.0 Å². The van der Waals surface area contributed by atoms with E-state index in [0.29, 0.717) is 13.0 Å². The first-order valence-electron chi connectivity index (χ1n) is 9.43. The molecule has 2 heterocycles. The quantitative estimate of drug-likeness (QED) is 0.564. The highest BCUT2D eigenvalue weighted by Crippen LogP contribution is 2.29. The number of hydrogen-bond donors (Lipinski definition) is 3. The number of carboxylic acids is 1. The van der Waals surface area contributed by atoms with Gasteiger partial charge in [0.15, 0.2) is 0 Å². The number of carboxylic acid groups (broad SMARTS) is 1. The Bertz CT molecular complexity index is 1080. The molecule has 3 aromatic rings. The molecule has 4 rings (SSSR count). The lowest BCUT2D eigenvalue weighted by Crippen LogP contribution is -2.32. The number of rotatable bonds is 3. The minimum atomic E-state index is -5.08. The van der Waals surface area contributed by atoms with Crippen LogP contribution >= 0.6 is 0 Å². The van der Waals surface area contributed by atoms with E-state index in [1.165, 1.54) is 5.56 Å². The molecule has 1 atom stereocenters. The van der Waals surface area contributed by atoms with Gasteiger partial charge in [0.1, 0.15) is 18.1 Å². The highest BCUT2D eigenvalue weighted by Gasteiger charge is 2.38. The van der Waals surface area contributed by atoms with Crippen molar-refractivity contribution in [3.8, 4) is 17.0 Å². The van der Waals surface area contributed by atoms with Crippen molar-refractivity contribution in [3.05, 3.63) is 59.8 Å². The van der Waals surface area contributed by atoms with Gasteiger partial charge in [-0.3, -0.25) is 4.79 Å². The Hall–Kier alpha value is -3.89. The van der Waals surface area contributed by atoms with E-state index in [0.717, 1.165) is 28.3 Å². The van der Waals surface area contributed by atoms with Gasteiger partial charge in [0.25, 0.3) is 0 Å². The monoisotopic (exact) mass is 448 g/mol. The summed E-state index contributed by atoms with van der Waals surface area (Å²) in [6.07, 6.45) is -2.73. The summed E-state index contributed by atoms with van der Waals surface area (Å²) >= 11 is 0. The number of aryl methyl sites for hydroxylation is 1. The van der Waals surface area contributed by atoms with Gasteiger partial charge in [-0.15, -0.1) is 0 Å². The van der Waals surface area contributed by atoms with E-state index in [4.69, 9.17) is 14.6 Å². The van der Waals surface area contributed by atoms with Gasteiger partial charge in [0.05, 0.1) is 12.1 Å². The molecule has 0 aliphatic carbocycles. The minimum absolute atomic E-state index is 0.0265. The SMILES string of the molecule is Cc1ccc2c(c1)CC(C(=O)Nc1ccc(-c3cn[nH]n3)cc1)CO2.O=C(O)C(F)(F)F. The molecule has 1 unspecified atom stereocenters. The average molecular weight is 448 g/mol. The standard InChI is InChI=1S/C19H18N4O2.C2HF3O2/c1-12-2-7-18-14(8-12)9-15(11-25-18)19(24)21-16-5-3-13(4-6-16)17-10-20-23-22-17;3-2(4,5)1(6)7/h2-8,10,15H,9,11H2,1H3,(H,21,24)(H,20,22,23);(H,6,7). The number of nitrogens with one attached hydrogen (secondary N) is 2. The number of halogens is 3. The number of benzene rings is 2. The molecular formula is C21H19F3N4O4. The molecule has 168 valence electrons. The van der Waals surface area contributed by atoms with Crippen molar-refractivity contribution in [3.63, 3.8) is 0 Å². The maximum Gasteiger partial charge on any atom is 0.490 e. The van der Waals surface area contributed by atoms with E-state index in [1.807, 2.05) is 43.3 Å². The molecule has 0 bridgehead atoms. The van der Waals surface area contributed by atoms with Crippen LogP contribution in [-0.2, 0) is 16.0 Å². The zero-order valence-electron chi connectivity index (χ0n) is 16.8. The number of H-pyrrole nitrogens is 1. The molecule has 0 fully saturated rings. The van der Waals surface area contributed by atoms with Crippen molar-refractivity contribution in [1.82, 2.24) is 15.4 Å². The molecule has 0 saturated carbocycles. The van der Waals surface area contributed by atoms with Gasteiger partial charge in [0.2, 0.25) is 5.91 Å². The predicted molar refractivity (Wildman–Crippen MR) is 108 cm³/mol. The van der Waals surface area contributed by atoms with E-state index in [1.54, 1.807) is 6.20 Å². The number of carbonyl (C=O) groups is 2. The number of carbonyl (C=O) groups excluding carboxylic acids is 1. The Kier molecular flexibility index (Phi) is 6.76. The van der Waals surface area contributed by atoms with Crippen molar-refractivity contribution in [2.24, 2.45) is 5.92 Å². The van der Waals surface area contributed by atoms with Gasteiger partial charge in [-0.1, -0.05) is 29.8 Å². The van der Waals surface area contributed by atoms with Gasteiger partial charge >= 0.3 is 12.1 Å². The third kappa shape index (κ3) is 5.84. The van der Waals surface area contributed by atoms with E-state index in [-0.39, 0.29) is 11.8 Å². The number of aliphatic carboxylic acids is 1. The number of aromatic amines is 1. The maximum atomic E-state index is 12.6. The van der Waals surface area contributed by atoms with Crippen molar-refractivity contribution in [1.29, 1.82) is 0 Å². The van der Waals surface area contributed by atoms with Crippen molar-refractivity contribution in [2.45, 2.75) is 19.5 Å². The van der Waals surface area contributed by atoms with Crippen molar-refractivity contribution >= 4 is 17.6 Å². The summed E-state index contributed by atoms with van der Waals surface area (Å²) in [6.45, 7) is 2.44. The Balaban J connectivity index is 0.000000360. The number of nitrogens with zero attached hydrogens (tertiary/aromatic N) is 2. The third-order valence-electron chi connectivity index (χ3n) is 4.60. The molecule has 1 amide bonds. The van der Waals surface area contributed by atoms with Gasteiger partial charge in [-0.25, -0.2) is 4.79 Å². The zero-order valence-corrected chi connectivity index (χ0v) is 16.8. The van der Waals surface area contributed by atoms with Crippen LogP contribution in [0.1, 0.15) is 11.1 Å². The van der Waals surface area contributed by atoms with Crippen molar-refractivity contribution in [2.75, 3.05) is 11.9 Å². The summed E-state index contributed by atoms with van der Waals surface area (Å²) in [4.78, 5) is 21.5. The molecular weight excluding hydrogens is 429 g/mol. The summed E-state index contributed by atoms with van der Waals surface area (Å²) in [5, 5.41) is 20.5. The fourth-order valence-electron chi connectivity index (χ4n) is 3.00. The van der Waals surface area contributed by atoms with E-state index < -0.39 is 12.1 Å². The van der Waals surface area contributed by atoms with Crippen LogP contribution in [0.15, 0.2) is 48.7 Å². The molecule has 2 aromatic carbocycles. The number of ether oxygens (including phenoxy) is 1. The topological polar surface area (TPSA) is 117 Å². The number of hydrogen-bond acceptors (Lipinski definition) is 5. The van der Waals surface area contributed by atoms with Crippen LogP contribution in [0.25, 0.3) is 11.3 Å². The number of fused-ring (bicyclic) bond motifs is 1. The fraction of sp³-hybridized carbons (Fsp3) is 0.238. The molecule has 11 heteroatoms. The van der Waals surface area contributed by atoms with E-state index in [2.05, 4.69) is 26.8 Å². The van der Waals surface area contributed by atoms with Gasteiger partial charge in [-0.05, 0) is 37.1 Å². The first-order chi connectivity index (χ1) is 15.1. The average Bonchev–Trinajstić information content (AvgIpc) is 3.28. The first kappa shape index (κ1) is 22.8. The van der Waals surface area contributed by atoms with Crippen LogP contribution in [0.5, 0.6) is 5.75 Å². The minimum Gasteiger partial charge on any atom is -0.492 e. The molecule has 1 aromatic heterocycles. The molecule has 0 spiro atoms. The van der Waals surface area contributed by atoms with Crippen LogP contribution in [0.2, 0.25) is 0 Å². The van der Waals surface area contributed by atoms with Crippen LogP contribution in [-0.4, -0.2) is 45.2 Å². The summed E-state index contributed by atoms with van der Waals surface area (Å²) in [5.41, 5.74) is 4.73. The summed E-state index contributed by atoms with van der Waals surface area (Å²) in [6, 6.07) is 13.6. The number of aromatic nitrogens is 3. The molecule has 1 aliphatic rings. The van der Waals surface area contributed by atoms with Crippen LogP contribution in [0.4, 0.5) is 18.9 Å². The maximum absolute atomic E-state index is 12.6. The highest BCUT2D eigenvalue weighted by molar-refractivity contribution is 5.93. The Morgan fingerprint density at radius 2 is 1.88 bits per heavy atom. The van der Waals surface area contributed by atoms with Gasteiger partial charge in [0, 0.05) is 11.3 Å². The fourth-order valence-corrected chi connectivity index (χ4v) is 3.00. The number of amides is 1. The largest absolute Gasteiger partial charge is 0.492 e. The summed E-state index contributed by atoms with van der Waals surface area (Å²) < 4.78 is 37.5. The Morgan fingerprint density at radius 3 is 2.47 bits per heavy atom. The summed E-state index contributed by atoms with van der Waals surface area (Å²) in [7, 11) is 0. The van der Waals surface area contributed by atoms with Crippen LogP contribution < -0.4 is 10.1 Å². The second kappa shape index (κ2) is 9.50. The van der Waals surface area contributed by atoms with Gasteiger partial charge in [-0.2, -0.15) is 28.6 Å². The Labute approximate surface area is 180 Å². The molecule has 32 heavy (non-hydrogen) atoms. The first-order valence-corrected chi connectivity index (χ1v) is 9.43. The normalized spacial score (nSPS) is 14.9. The number of alkyl halides is 3. The molecule has 3 N–H and O–H groups in total.